The first-order valence-electron chi connectivity index (χ1n) is 6.29. The van der Waals surface area contributed by atoms with Gasteiger partial charge in [0.15, 0.2) is 6.10 Å². The predicted molar refractivity (Wildman–Crippen MR) is 68.0 cm³/mol. The number of carbonyl (C=O) groups is 1. The van der Waals surface area contributed by atoms with Crippen molar-refractivity contribution in [2.24, 2.45) is 0 Å². The molecule has 0 amide bonds. The molecule has 4 nitrogen and oxygen atoms in total. The van der Waals surface area contributed by atoms with E-state index in [9.17, 15) is 9.90 Å². The topological polar surface area (TPSA) is 49.8 Å². The van der Waals surface area contributed by atoms with Gasteiger partial charge in [0.25, 0.3) is 0 Å². The average Bonchev–Trinajstić information content (AvgIpc) is 2.39. The zero-order valence-corrected chi connectivity index (χ0v) is 10.6. The molecule has 2 unspecified atom stereocenters. The van der Waals surface area contributed by atoms with Crippen LogP contribution in [0, 0.1) is 0 Å². The number of ether oxygens (including phenoxy) is 1. The zero-order valence-electron chi connectivity index (χ0n) is 10.6. The number of nitrogens with zero attached hydrogens (tertiary/aromatic N) is 1. The number of aliphatic hydroxyl groups excluding tert-OH is 1. The number of likely N-dealkylation sites (N-methyl/N-ethyl adjacent to an activating group) is 1. The smallest absolute Gasteiger partial charge is 0.339 e. The molecule has 2 atom stereocenters. The maximum absolute atomic E-state index is 11.8. The minimum Gasteiger partial charge on any atom is -0.459 e. The van der Waals surface area contributed by atoms with Crippen LogP contribution in [0.3, 0.4) is 0 Å². The summed E-state index contributed by atoms with van der Waals surface area (Å²) in [6.45, 7) is 1.78. The van der Waals surface area contributed by atoms with E-state index in [4.69, 9.17) is 4.74 Å². The molecule has 1 aromatic rings. The second-order valence-electron chi connectivity index (χ2n) is 4.78. The van der Waals surface area contributed by atoms with Gasteiger partial charge < -0.3 is 14.7 Å². The van der Waals surface area contributed by atoms with Crippen molar-refractivity contribution in [3.63, 3.8) is 0 Å². The highest BCUT2D eigenvalue weighted by Gasteiger charge is 2.25. The lowest BCUT2D eigenvalue weighted by Gasteiger charge is -2.29. The Labute approximate surface area is 107 Å². The molecule has 0 aromatic heterocycles. The first-order chi connectivity index (χ1) is 8.66. The summed E-state index contributed by atoms with van der Waals surface area (Å²) in [6, 6.07) is 8.87. The molecule has 1 aliphatic rings. The lowest BCUT2D eigenvalue weighted by molar-refractivity contribution is -0.161. The number of carbonyl (C=O) groups excluding carboxylic acids is 1. The van der Waals surface area contributed by atoms with Crippen molar-refractivity contribution < 1.29 is 14.6 Å². The van der Waals surface area contributed by atoms with Crippen LogP contribution in [0.2, 0.25) is 0 Å². The second-order valence-corrected chi connectivity index (χ2v) is 4.78. The largest absolute Gasteiger partial charge is 0.459 e. The quantitative estimate of drug-likeness (QED) is 0.822. The van der Waals surface area contributed by atoms with Gasteiger partial charge in [0, 0.05) is 6.54 Å². The Morgan fingerprint density at radius 3 is 2.83 bits per heavy atom. The monoisotopic (exact) mass is 249 g/mol. The fourth-order valence-electron chi connectivity index (χ4n) is 2.22. The van der Waals surface area contributed by atoms with Crippen LogP contribution in [0.4, 0.5) is 0 Å². The molecule has 0 saturated carbocycles. The van der Waals surface area contributed by atoms with E-state index < -0.39 is 12.1 Å². The molecule has 1 aromatic carbocycles. The second kappa shape index (κ2) is 5.98. The lowest BCUT2D eigenvalue weighted by Crippen LogP contribution is -2.38. The summed E-state index contributed by atoms with van der Waals surface area (Å²) in [6.07, 6.45) is 0.612. The van der Waals surface area contributed by atoms with Crippen molar-refractivity contribution >= 4 is 5.97 Å². The number of aliphatic hydroxyl groups is 1. The van der Waals surface area contributed by atoms with Crippen molar-refractivity contribution in [1.82, 2.24) is 4.90 Å². The van der Waals surface area contributed by atoms with Crippen LogP contribution in [-0.2, 0) is 9.53 Å². The van der Waals surface area contributed by atoms with Gasteiger partial charge in [-0.05, 0) is 32.0 Å². The van der Waals surface area contributed by atoms with Gasteiger partial charge in [0.05, 0.1) is 0 Å². The van der Waals surface area contributed by atoms with E-state index >= 15 is 0 Å². The van der Waals surface area contributed by atoms with Crippen molar-refractivity contribution in [3.05, 3.63) is 35.9 Å². The Balaban J connectivity index is 1.91. The Morgan fingerprint density at radius 1 is 1.44 bits per heavy atom. The number of hydrogen-bond donors (Lipinski definition) is 1. The summed E-state index contributed by atoms with van der Waals surface area (Å²) < 4.78 is 5.35. The molecule has 18 heavy (non-hydrogen) atoms. The Kier molecular flexibility index (Phi) is 4.33. The van der Waals surface area contributed by atoms with Crippen molar-refractivity contribution in [1.29, 1.82) is 0 Å². The van der Waals surface area contributed by atoms with E-state index in [2.05, 4.69) is 4.90 Å². The number of esters is 1. The van der Waals surface area contributed by atoms with Crippen LogP contribution in [0.15, 0.2) is 30.3 Å². The maximum atomic E-state index is 11.8. The predicted octanol–water partition coefficient (Wildman–Crippen LogP) is 1.36. The van der Waals surface area contributed by atoms with E-state index in [1.807, 2.05) is 13.1 Å². The van der Waals surface area contributed by atoms with Gasteiger partial charge >= 0.3 is 5.97 Å². The van der Waals surface area contributed by atoms with Crippen LogP contribution >= 0.6 is 0 Å². The fourth-order valence-corrected chi connectivity index (χ4v) is 2.22. The summed E-state index contributed by atoms with van der Waals surface area (Å²) in [5.74, 6) is -0.554. The minimum atomic E-state index is -1.18. The first-order valence-corrected chi connectivity index (χ1v) is 6.29. The normalized spacial score (nSPS) is 22.4. The number of benzene rings is 1. The highest BCUT2D eigenvalue weighted by molar-refractivity contribution is 5.76. The SMILES string of the molecule is CN1CCCC(OC(=O)C(O)c2ccccc2)C1. The molecule has 1 aliphatic heterocycles. The van der Waals surface area contributed by atoms with E-state index in [1.54, 1.807) is 24.3 Å². The minimum absolute atomic E-state index is 0.102. The molecule has 1 heterocycles. The molecule has 0 aliphatic carbocycles. The zero-order chi connectivity index (χ0) is 13.0. The van der Waals surface area contributed by atoms with Gasteiger partial charge in [-0.15, -0.1) is 0 Å². The Hall–Kier alpha value is -1.39. The molecular formula is C14H19NO3. The third kappa shape index (κ3) is 3.31. The lowest BCUT2D eigenvalue weighted by atomic mass is 10.1. The van der Waals surface area contributed by atoms with Crippen LogP contribution in [0.25, 0.3) is 0 Å². The van der Waals surface area contributed by atoms with Crippen molar-refractivity contribution in [2.45, 2.75) is 25.0 Å². The van der Waals surface area contributed by atoms with E-state index in [-0.39, 0.29) is 6.10 Å². The summed E-state index contributed by atoms with van der Waals surface area (Å²) in [7, 11) is 2.01. The van der Waals surface area contributed by atoms with Crippen LogP contribution in [-0.4, -0.2) is 42.2 Å². The van der Waals surface area contributed by atoms with Crippen LogP contribution < -0.4 is 0 Å². The van der Waals surface area contributed by atoms with Gasteiger partial charge in [-0.2, -0.15) is 0 Å². The summed E-state index contributed by atoms with van der Waals surface area (Å²) >= 11 is 0. The summed E-state index contributed by atoms with van der Waals surface area (Å²) in [5, 5.41) is 9.90. The van der Waals surface area contributed by atoms with Crippen LogP contribution in [0.1, 0.15) is 24.5 Å². The molecule has 0 radical (unpaired) electrons. The van der Waals surface area contributed by atoms with Gasteiger partial charge in [-0.1, -0.05) is 30.3 Å². The average molecular weight is 249 g/mol. The van der Waals surface area contributed by atoms with Crippen molar-refractivity contribution in [3.8, 4) is 0 Å². The molecule has 2 rings (SSSR count). The highest BCUT2D eigenvalue weighted by atomic mass is 16.6. The number of hydrogen-bond acceptors (Lipinski definition) is 4. The first kappa shape index (κ1) is 13.1. The molecule has 0 bridgehead atoms. The maximum Gasteiger partial charge on any atom is 0.339 e. The molecule has 1 saturated heterocycles. The molecule has 98 valence electrons. The fraction of sp³-hybridized carbons (Fsp3) is 0.500. The van der Waals surface area contributed by atoms with Crippen LogP contribution in [0.5, 0.6) is 0 Å². The third-order valence-corrected chi connectivity index (χ3v) is 3.20. The number of piperidine rings is 1. The van der Waals surface area contributed by atoms with E-state index in [0.29, 0.717) is 5.56 Å². The molecule has 1 fully saturated rings. The van der Waals surface area contributed by atoms with Crippen molar-refractivity contribution in [2.75, 3.05) is 20.1 Å². The van der Waals surface area contributed by atoms with Gasteiger partial charge in [-0.3, -0.25) is 0 Å². The Bertz CT molecular complexity index is 393. The molecule has 0 spiro atoms. The number of likely N-dealkylation sites (tertiary alicyclic amines) is 1. The van der Waals surface area contributed by atoms with E-state index in [0.717, 1.165) is 25.9 Å². The standard InChI is InChI=1S/C14H19NO3/c1-15-9-5-8-12(10-15)18-14(17)13(16)11-6-3-2-4-7-11/h2-4,6-7,12-13,16H,5,8-10H2,1H3. The third-order valence-electron chi connectivity index (χ3n) is 3.20. The summed E-state index contributed by atoms with van der Waals surface area (Å²) in [5.41, 5.74) is 0.576. The van der Waals surface area contributed by atoms with E-state index in [1.165, 1.54) is 0 Å². The summed E-state index contributed by atoms with van der Waals surface area (Å²) in [4.78, 5) is 14.0. The Morgan fingerprint density at radius 2 is 2.17 bits per heavy atom. The molecule has 1 N–H and O–H groups in total. The molecular weight excluding hydrogens is 230 g/mol. The van der Waals surface area contributed by atoms with Gasteiger partial charge in [0.1, 0.15) is 6.10 Å². The molecule has 4 heteroatoms. The van der Waals surface area contributed by atoms with Gasteiger partial charge in [0.2, 0.25) is 0 Å². The highest BCUT2D eigenvalue weighted by Crippen LogP contribution is 2.18. The number of rotatable bonds is 3. The van der Waals surface area contributed by atoms with Gasteiger partial charge in [-0.25, -0.2) is 4.79 Å².